The van der Waals surface area contributed by atoms with Crippen LogP contribution in [0.2, 0.25) is 0 Å². The van der Waals surface area contributed by atoms with Gasteiger partial charge in [0.05, 0.1) is 0 Å². The summed E-state index contributed by atoms with van der Waals surface area (Å²) in [5.41, 5.74) is 7.11. The predicted octanol–water partition coefficient (Wildman–Crippen LogP) is 9.78. The molecule has 224 valence electrons. The summed E-state index contributed by atoms with van der Waals surface area (Å²) in [5.74, 6) is 0.510. The van der Waals surface area contributed by atoms with Crippen molar-refractivity contribution >= 4 is 57.6 Å². The Labute approximate surface area is 283 Å². The van der Waals surface area contributed by atoms with Crippen molar-refractivity contribution < 1.29 is 5.11 Å². The predicted molar refractivity (Wildman–Crippen MR) is 179 cm³/mol. The molecule has 0 aliphatic rings. The number of rotatable bonds is 23. The minimum atomic E-state index is 0.130. The number of nitrogens with one attached hydrogen (secondary N) is 1. The zero-order valence-corrected chi connectivity index (χ0v) is 33.0. The number of hydrogen-bond acceptors (Lipinski definition) is 3. The van der Waals surface area contributed by atoms with Crippen LogP contribution < -0.4 is 0.0314 Å². The molecule has 4 nitrogen and oxygen atoms in total. The molecule has 1 aromatic heterocycles. The van der Waals surface area contributed by atoms with Crippen LogP contribution in [0.5, 0.6) is 5.75 Å². The molecule has 0 aliphatic carbocycles. The number of nitrogens with zero attached hydrogens (tertiary/aromatic N) is 2. The van der Waals surface area contributed by atoms with Crippen molar-refractivity contribution in [2.24, 2.45) is 0 Å². The Balaban J connectivity index is 1.63. The van der Waals surface area contributed by atoms with E-state index in [2.05, 4.69) is 41.4 Å². The molecular weight excluding hydrogens is 628 g/mol. The molecular formula is C36H57BaN3O. The van der Waals surface area contributed by atoms with Gasteiger partial charge in [0.15, 0.2) is 0 Å². The average molecular weight is 685 g/mol. The second-order valence-corrected chi connectivity index (χ2v) is 15.5. The molecule has 0 fully saturated rings. The second-order valence-electron chi connectivity index (χ2n) is 12.4. The Morgan fingerprint density at radius 1 is 0.634 bits per heavy atom. The van der Waals surface area contributed by atoms with Gasteiger partial charge in [-0.2, -0.15) is 0 Å². The van der Waals surface area contributed by atoms with Gasteiger partial charge in [0, 0.05) is 0 Å². The van der Waals surface area contributed by atoms with Gasteiger partial charge in [-0.1, -0.05) is 33.1 Å². The summed E-state index contributed by atoms with van der Waals surface area (Å²) < 4.78 is 1.29. The average Bonchev–Trinajstić information content (AvgIpc) is 3.47. The van der Waals surface area contributed by atoms with E-state index in [1.807, 2.05) is 12.1 Å². The molecule has 0 aliphatic heterocycles. The molecule has 2 aromatic carbocycles. The number of aromatic nitrogens is 3. The first-order chi connectivity index (χ1) is 20.2. The van der Waals surface area contributed by atoms with Crippen LogP contribution in [0.1, 0.15) is 153 Å². The first-order valence-corrected chi connectivity index (χ1v) is 20.5. The van der Waals surface area contributed by atoms with Gasteiger partial charge in [0.1, 0.15) is 0 Å². The van der Waals surface area contributed by atoms with Gasteiger partial charge in [0.2, 0.25) is 0 Å². The van der Waals surface area contributed by atoms with Crippen LogP contribution in [0, 0.1) is 0 Å². The molecule has 0 amide bonds. The molecule has 3 aromatic rings. The normalized spacial score (nSPS) is 11.5. The van der Waals surface area contributed by atoms with Gasteiger partial charge in [0.25, 0.3) is 0 Å². The van der Waals surface area contributed by atoms with Crippen LogP contribution in [-0.4, -0.2) is 67.1 Å². The van der Waals surface area contributed by atoms with Crippen molar-refractivity contribution in [2.75, 3.05) is 0 Å². The summed E-state index contributed by atoms with van der Waals surface area (Å²) in [6, 6.07) is 8.33. The number of unbranched alkanes of at least 4 members (excludes halogenated alkanes) is 18. The molecule has 2 N–H and O–H groups in total. The van der Waals surface area contributed by atoms with Crippen LogP contribution in [0.3, 0.4) is 0 Å². The minimum Gasteiger partial charge on any atom is -0.0654 e. The van der Waals surface area contributed by atoms with E-state index < -0.39 is 0 Å². The zero-order chi connectivity index (χ0) is 29.1. The Morgan fingerprint density at radius 3 is 1.66 bits per heavy atom. The maximum absolute atomic E-state index is 11.1. The molecule has 0 atom stereocenters. The van der Waals surface area contributed by atoms with E-state index >= 15 is 0 Å². The fourth-order valence-corrected chi connectivity index (χ4v) is 8.59. The number of H-pyrrole nitrogens is 1. The Bertz CT molecular complexity index is 1130. The van der Waals surface area contributed by atoms with Crippen molar-refractivity contribution in [2.45, 2.75) is 155 Å². The summed E-state index contributed by atoms with van der Waals surface area (Å²) in [4.78, 5) is 0. The summed E-state index contributed by atoms with van der Waals surface area (Å²) in [7, 11) is 0. The maximum atomic E-state index is 11.1. The number of phenols is 1. The summed E-state index contributed by atoms with van der Waals surface area (Å²) >= 11 is 0.130. The molecule has 41 heavy (non-hydrogen) atoms. The number of aromatic amines is 1. The fourth-order valence-electron chi connectivity index (χ4n) is 6.41. The zero-order valence-electron chi connectivity index (χ0n) is 26.7. The summed E-state index contributed by atoms with van der Waals surface area (Å²) in [6.07, 6.45) is 29.3. The molecule has 0 bridgehead atoms. The quantitative estimate of drug-likeness (QED) is 0.0772. The summed E-state index contributed by atoms with van der Waals surface area (Å²) in [6.45, 7) is 4.58. The van der Waals surface area contributed by atoms with E-state index in [9.17, 15) is 5.11 Å². The Morgan fingerprint density at radius 2 is 1.12 bits per heavy atom. The number of aromatic hydroxyl groups is 1. The van der Waals surface area contributed by atoms with E-state index in [4.69, 9.17) is 0 Å². The number of phenolic OH excluding ortho intramolecular Hbond substituents is 1. The van der Waals surface area contributed by atoms with Gasteiger partial charge in [-0.3, -0.25) is 0 Å². The van der Waals surface area contributed by atoms with E-state index in [-0.39, 0.29) is 46.5 Å². The van der Waals surface area contributed by atoms with Crippen LogP contribution >= 0.6 is 0 Å². The molecule has 5 heteroatoms. The molecule has 0 saturated carbocycles. The molecule has 1 heterocycles. The van der Waals surface area contributed by atoms with Crippen molar-refractivity contribution in [1.29, 1.82) is 0 Å². The third-order valence-corrected chi connectivity index (χ3v) is 12.5. The van der Waals surface area contributed by atoms with E-state index in [1.54, 1.807) is 0 Å². The fraction of sp³-hybridized carbons (Fsp3) is 0.667. The first kappa shape index (κ1) is 34.7. The van der Waals surface area contributed by atoms with Gasteiger partial charge in [-0.15, -0.1) is 0 Å². The number of hydrogen-bond donors (Lipinski definition) is 2. The van der Waals surface area contributed by atoms with Crippen molar-refractivity contribution in [3.05, 3.63) is 35.4 Å². The Hall–Kier alpha value is -0.789. The Kier molecular flexibility index (Phi) is 17.8. The van der Waals surface area contributed by atoms with E-state index in [0.717, 1.165) is 29.4 Å². The smallest absolute Gasteiger partial charge is 0.0654 e. The standard InChI is InChI=1S/C36H56N3O.Ba.H/c1-3-5-7-9-11-13-15-17-19-21-24-30-28-31(40)29-34(33-26-23-27-35-36(33)38-39-37-35)32(30)25-22-20-18-16-14-12-10-8-6-4-2;;/h23,26-27,29,40H,3-22,24-25H2,1-2H3,(H,37,38,39);;. The van der Waals surface area contributed by atoms with Crippen molar-refractivity contribution in [3.63, 3.8) is 0 Å². The van der Waals surface area contributed by atoms with Crippen LogP contribution in [0.15, 0.2) is 24.3 Å². The van der Waals surface area contributed by atoms with Crippen LogP contribution in [0.4, 0.5) is 0 Å². The van der Waals surface area contributed by atoms with E-state index in [1.165, 1.54) is 145 Å². The molecule has 0 spiro atoms. The minimum absolute atomic E-state index is 0.130. The number of fused-ring (bicyclic) bond motifs is 1. The van der Waals surface area contributed by atoms with Gasteiger partial charge < -0.3 is 0 Å². The second kappa shape index (κ2) is 21.0. The van der Waals surface area contributed by atoms with Crippen molar-refractivity contribution in [1.82, 2.24) is 15.4 Å². The van der Waals surface area contributed by atoms with Gasteiger partial charge >= 0.3 is 252 Å². The van der Waals surface area contributed by atoms with E-state index in [0.29, 0.717) is 5.75 Å². The first-order valence-electron chi connectivity index (χ1n) is 17.3. The molecule has 0 radical (unpaired) electrons. The van der Waals surface area contributed by atoms with Crippen LogP contribution in [0.25, 0.3) is 22.2 Å². The van der Waals surface area contributed by atoms with Gasteiger partial charge in [-0.25, -0.2) is 0 Å². The molecule has 0 saturated heterocycles. The van der Waals surface area contributed by atoms with Gasteiger partial charge in [-0.05, 0) is 0 Å². The molecule has 3 rings (SSSR count). The third kappa shape index (κ3) is 12.0. The van der Waals surface area contributed by atoms with Crippen LogP contribution in [-0.2, 0) is 12.8 Å². The topological polar surface area (TPSA) is 61.8 Å². The number of benzene rings is 2. The molecule has 0 unspecified atom stereocenters. The third-order valence-electron chi connectivity index (χ3n) is 9.01. The monoisotopic (exact) mass is 685 g/mol. The SMILES string of the molecule is CCCCCCCCCCCCc1c(-c2cccc3[nH]nnc23)cc(O)[c]([BaH])c1CCCCCCCCCCCC. The van der Waals surface area contributed by atoms with Crippen molar-refractivity contribution in [3.8, 4) is 16.9 Å². The summed E-state index contributed by atoms with van der Waals surface area (Å²) in [5, 5.41) is 22.7.